The van der Waals surface area contributed by atoms with Gasteiger partial charge in [-0.3, -0.25) is 4.79 Å². The number of carbonyl (C=O) groups excluding carboxylic acids is 1. The summed E-state index contributed by atoms with van der Waals surface area (Å²) in [4.78, 5) is 27.4. The number of carbonyl (C=O) groups is 2. The van der Waals surface area contributed by atoms with Crippen molar-refractivity contribution < 1.29 is 19.4 Å². The fraction of sp³-hybridized carbons (Fsp3) is 0.171. The first-order chi connectivity index (χ1) is 21.0. The SMILES string of the molecule is Cc1nn(-c2ccccc2C(=O)O)c2c1[C@@H](c1cccc(OCc3ccccc3)c1)C1=C(C[C@H](c3cccs3)CC1=O)N2. The Bertz CT molecular complexity index is 1870. The van der Waals surface area contributed by atoms with Crippen LogP contribution in [0.5, 0.6) is 5.75 Å². The maximum Gasteiger partial charge on any atom is 0.337 e. The number of hydrogen-bond donors (Lipinski definition) is 2. The molecule has 8 heteroatoms. The molecule has 0 radical (unpaired) electrons. The highest BCUT2D eigenvalue weighted by molar-refractivity contribution is 7.10. The number of fused-ring (bicyclic) bond motifs is 1. The molecule has 2 aliphatic rings. The van der Waals surface area contributed by atoms with Crippen LogP contribution in [0.1, 0.15) is 62.3 Å². The largest absolute Gasteiger partial charge is 0.489 e. The molecule has 0 spiro atoms. The first-order valence-corrected chi connectivity index (χ1v) is 15.1. The monoisotopic (exact) mass is 587 g/mol. The first-order valence-electron chi connectivity index (χ1n) is 14.2. The number of carboxylic acid groups (broad SMARTS) is 1. The molecule has 2 atom stereocenters. The van der Waals surface area contributed by atoms with Gasteiger partial charge < -0.3 is 15.2 Å². The average Bonchev–Trinajstić information content (AvgIpc) is 3.68. The molecule has 0 unspecified atom stereocenters. The molecule has 0 fully saturated rings. The molecule has 5 aromatic rings. The van der Waals surface area contributed by atoms with Crippen molar-refractivity contribution in [1.82, 2.24) is 9.78 Å². The van der Waals surface area contributed by atoms with Crippen molar-refractivity contribution >= 4 is 28.9 Å². The molecule has 43 heavy (non-hydrogen) atoms. The topological polar surface area (TPSA) is 93.5 Å². The minimum atomic E-state index is -1.03. The van der Waals surface area contributed by atoms with Crippen LogP contribution < -0.4 is 10.1 Å². The van der Waals surface area contributed by atoms with Gasteiger partial charge in [-0.2, -0.15) is 5.10 Å². The number of aromatic carboxylic acids is 1. The molecule has 2 aromatic heterocycles. The molecule has 3 heterocycles. The summed E-state index contributed by atoms with van der Waals surface area (Å²) in [5.41, 5.74) is 5.80. The lowest BCUT2D eigenvalue weighted by Crippen LogP contribution is -2.30. The fourth-order valence-electron chi connectivity index (χ4n) is 6.27. The number of ether oxygens (including phenoxy) is 1. The highest BCUT2D eigenvalue weighted by Crippen LogP contribution is 2.50. The zero-order chi connectivity index (χ0) is 29.5. The maximum atomic E-state index is 14.0. The molecule has 3 aromatic carbocycles. The van der Waals surface area contributed by atoms with Gasteiger partial charge in [0.25, 0.3) is 0 Å². The van der Waals surface area contributed by atoms with Gasteiger partial charge in [0.05, 0.1) is 16.9 Å². The first kappa shape index (κ1) is 26.9. The molecule has 7 rings (SSSR count). The summed E-state index contributed by atoms with van der Waals surface area (Å²) in [6, 6.07) is 28.9. The van der Waals surface area contributed by atoms with Crippen molar-refractivity contribution in [3.8, 4) is 11.4 Å². The molecular formula is C35H29N3O4S. The zero-order valence-electron chi connectivity index (χ0n) is 23.5. The quantitative estimate of drug-likeness (QED) is 0.205. The van der Waals surface area contributed by atoms with E-state index in [9.17, 15) is 14.7 Å². The van der Waals surface area contributed by atoms with Gasteiger partial charge in [0.1, 0.15) is 18.2 Å². The number of para-hydroxylation sites is 1. The van der Waals surface area contributed by atoms with Crippen LogP contribution in [0.2, 0.25) is 0 Å². The number of allylic oxidation sites excluding steroid dienone is 2. The van der Waals surface area contributed by atoms with Gasteiger partial charge in [0.2, 0.25) is 0 Å². The Hall–Kier alpha value is -4.95. The van der Waals surface area contributed by atoms with Crippen molar-refractivity contribution in [3.63, 3.8) is 0 Å². The lowest BCUT2D eigenvalue weighted by atomic mass is 9.73. The van der Waals surface area contributed by atoms with Crippen LogP contribution in [-0.2, 0) is 11.4 Å². The second-order valence-corrected chi connectivity index (χ2v) is 11.9. The summed E-state index contributed by atoms with van der Waals surface area (Å²) in [6.07, 6.45) is 1.11. The number of thiophene rings is 1. The zero-order valence-corrected chi connectivity index (χ0v) is 24.3. The van der Waals surface area contributed by atoms with Gasteiger partial charge in [0.15, 0.2) is 5.78 Å². The molecule has 1 aliphatic heterocycles. The third-order valence-electron chi connectivity index (χ3n) is 8.21. The number of anilines is 1. The Morgan fingerprint density at radius 3 is 2.63 bits per heavy atom. The van der Waals surface area contributed by atoms with Gasteiger partial charge in [-0.25, -0.2) is 9.48 Å². The van der Waals surface area contributed by atoms with Crippen LogP contribution in [0.25, 0.3) is 5.69 Å². The van der Waals surface area contributed by atoms with Crippen LogP contribution >= 0.6 is 11.3 Å². The van der Waals surface area contributed by atoms with Crippen molar-refractivity contribution in [1.29, 1.82) is 0 Å². The van der Waals surface area contributed by atoms with Crippen LogP contribution in [0.15, 0.2) is 108 Å². The summed E-state index contributed by atoms with van der Waals surface area (Å²) in [5.74, 6) is 0.171. The molecule has 7 nitrogen and oxygen atoms in total. The van der Waals surface area contributed by atoms with E-state index in [0.717, 1.165) is 33.7 Å². The smallest absolute Gasteiger partial charge is 0.337 e. The lowest BCUT2D eigenvalue weighted by Gasteiger charge is -2.35. The highest BCUT2D eigenvalue weighted by Gasteiger charge is 2.41. The number of aryl methyl sites for hydroxylation is 1. The number of aromatic nitrogens is 2. The Morgan fingerprint density at radius 2 is 1.84 bits per heavy atom. The summed E-state index contributed by atoms with van der Waals surface area (Å²) >= 11 is 1.67. The maximum absolute atomic E-state index is 14.0. The summed E-state index contributed by atoms with van der Waals surface area (Å²) < 4.78 is 7.87. The number of nitrogens with one attached hydrogen (secondary N) is 1. The summed E-state index contributed by atoms with van der Waals surface area (Å²) in [7, 11) is 0. The van der Waals surface area contributed by atoms with Gasteiger partial charge >= 0.3 is 5.97 Å². The Morgan fingerprint density at radius 1 is 1.02 bits per heavy atom. The predicted octanol–water partition coefficient (Wildman–Crippen LogP) is 7.48. The number of ketones is 1. The van der Waals surface area contributed by atoms with Gasteiger partial charge in [-0.15, -0.1) is 11.3 Å². The number of carboxylic acids is 1. The van der Waals surface area contributed by atoms with Crippen molar-refractivity contribution in [2.24, 2.45) is 0 Å². The number of hydrogen-bond acceptors (Lipinski definition) is 6. The van der Waals surface area contributed by atoms with Gasteiger partial charge in [-0.1, -0.05) is 60.7 Å². The third-order valence-corrected chi connectivity index (χ3v) is 9.24. The van der Waals surface area contributed by atoms with Crippen molar-refractivity contribution in [2.45, 2.75) is 38.2 Å². The van der Waals surface area contributed by atoms with E-state index >= 15 is 0 Å². The predicted molar refractivity (Wildman–Crippen MR) is 166 cm³/mol. The summed E-state index contributed by atoms with van der Waals surface area (Å²) in [5, 5.41) is 20.4. The van der Waals surface area contributed by atoms with E-state index in [4.69, 9.17) is 9.84 Å². The minimum absolute atomic E-state index is 0.0743. The minimum Gasteiger partial charge on any atom is -0.489 e. The van der Waals surface area contributed by atoms with E-state index in [-0.39, 0.29) is 23.2 Å². The number of benzene rings is 3. The molecule has 1 aliphatic carbocycles. The Labute approximate surface area is 253 Å². The molecule has 0 amide bonds. The van der Waals surface area contributed by atoms with Gasteiger partial charge in [0, 0.05) is 40.0 Å². The van der Waals surface area contributed by atoms with Crippen LogP contribution in [0.3, 0.4) is 0 Å². The van der Waals surface area contributed by atoms with E-state index in [1.165, 1.54) is 4.88 Å². The normalized spacial score (nSPS) is 17.7. The molecule has 214 valence electrons. The Balaban J connectivity index is 1.36. The van der Waals surface area contributed by atoms with E-state index in [2.05, 4.69) is 11.4 Å². The molecule has 0 bridgehead atoms. The second kappa shape index (κ2) is 11.0. The molecular weight excluding hydrogens is 558 g/mol. The highest BCUT2D eigenvalue weighted by atomic mass is 32.1. The molecule has 0 saturated heterocycles. The van der Waals surface area contributed by atoms with E-state index in [0.29, 0.717) is 36.7 Å². The molecule has 0 saturated carbocycles. The average molecular weight is 588 g/mol. The van der Waals surface area contributed by atoms with Gasteiger partial charge in [-0.05, 0) is 60.2 Å². The molecule has 2 N–H and O–H groups in total. The Kier molecular flexibility index (Phi) is 6.91. The number of Topliss-reactive ketones (excluding diaryl/α,β-unsaturated/α-hetero) is 1. The van der Waals surface area contributed by atoms with E-state index in [1.54, 1.807) is 40.3 Å². The standard InChI is InChI=1S/C35H29N3O4S/c1-21-31-32(23-11-7-12-25(17-23)42-20-22-9-3-2-4-10-22)33-27(18-24(19-29(33)39)30-15-8-16-43-30)36-34(31)38(37-21)28-14-6-5-13-26(28)35(40)41/h2-17,24,32,36H,18-20H2,1H3,(H,40,41)/t24-,32+/m0/s1. The van der Waals surface area contributed by atoms with Crippen molar-refractivity contribution in [3.05, 3.63) is 140 Å². The third kappa shape index (κ3) is 4.93. The lowest BCUT2D eigenvalue weighted by molar-refractivity contribution is -0.116. The number of nitrogens with zero attached hydrogens (tertiary/aromatic N) is 2. The van der Waals surface area contributed by atoms with Crippen LogP contribution in [-0.4, -0.2) is 26.6 Å². The summed E-state index contributed by atoms with van der Waals surface area (Å²) in [6.45, 7) is 2.34. The fourth-order valence-corrected chi connectivity index (χ4v) is 7.10. The van der Waals surface area contributed by atoms with Crippen LogP contribution in [0, 0.1) is 6.92 Å². The van der Waals surface area contributed by atoms with Crippen LogP contribution in [0.4, 0.5) is 5.82 Å². The van der Waals surface area contributed by atoms with E-state index < -0.39 is 5.97 Å². The number of rotatable bonds is 7. The van der Waals surface area contributed by atoms with E-state index in [1.807, 2.05) is 73.0 Å². The van der Waals surface area contributed by atoms with Crippen molar-refractivity contribution in [2.75, 3.05) is 5.32 Å². The second-order valence-electron chi connectivity index (χ2n) is 10.9.